The van der Waals surface area contributed by atoms with E-state index in [2.05, 4.69) is 23.8 Å². The highest BCUT2D eigenvalue weighted by molar-refractivity contribution is 5.58. The zero-order valence-corrected chi connectivity index (χ0v) is 13.0. The van der Waals surface area contributed by atoms with Crippen molar-refractivity contribution < 1.29 is 4.39 Å². The van der Waals surface area contributed by atoms with E-state index in [0.29, 0.717) is 11.6 Å². The molecule has 20 heavy (non-hydrogen) atoms. The Kier molecular flexibility index (Phi) is 4.66. The topological polar surface area (TPSA) is 32.5 Å². The molecule has 0 bridgehead atoms. The summed E-state index contributed by atoms with van der Waals surface area (Å²) in [4.78, 5) is 4.74. The molecule has 1 saturated heterocycles. The van der Waals surface area contributed by atoms with Crippen molar-refractivity contribution in [3.05, 3.63) is 29.1 Å². The maximum Gasteiger partial charge on any atom is 0.126 e. The van der Waals surface area contributed by atoms with E-state index in [1.54, 1.807) is 6.07 Å². The van der Waals surface area contributed by atoms with E-state index in [4.69, 9.17) is 5.73 Å². The van der Waals surface area contributed by atoms with Crippen LogP contribution in [0.1, 0.15) is 37.4 Å². The summed E-state index contributed by atoms with van der Waals surface area (Å²) in [6.45, 7) is 9.09. The van der Waals surface area contributed by atoms with E-state index >= 15 is 0 Å². The minimum Gasteiger partial charge on any atom is -0.367 e. The molecule has 1 aliphatic heterocycles. The number of hydrogen-bond acceptors (Lipinski definition) is 3. The van der Waals surface area contributed by atoms with Crippen LogP contribution >= 0.6 is 0 Å². The highest BCUT2D eigenvalue weighted by Gasteiger charge is 2.23. The predicted octanol–water partition coefficient (Wildman–Crippen LogP) is 2.68. The molecule has 0 spiro atoms. The second kappa shape index (κ2) is 6.10. The number of halogens is 1. The lowest BCUT2D eigenvalue weighted by atomic mass is 10.0. The summed E-state index contributed by atoms with van der Waals surface area (Å²) in [5, 5.41) is 0. The molecule has 1 heterocycles. The van der Waals surface area contributed by atoms with Gasteiger partial charge >= 0.3 is 0 Å². The summed E-state index contributed by atoms with van der Waals surface area (Å²) in [5.41, 5.74) is 8.74. The molecular formula is C16H26FN3. The molecule has 3 nitrogen and oxygen atoms in total. The van der Waals surface area contributed by atoms with Crippen LogP contribution in [0.15, 0.2) is 12.1 Å². The third kappa shape index (κ3) is 3.13. The Hall–Kier alpha value is -1.13. The van der Waals surface area contributed by atoms with Crippen molar-refractivity contribution in [2.45, 2.75) is 39.3 Å². The first kappa shape index (κ1) is 15.3. The SMILES string of the molecule is Cc1cc(N2CCCN(C)CC2C)c([C@H](C)N)cc1F. The molecular weight excluding hydrogens is 253 g/mol. The Morgan fingerprint density at radius 3 is 2.70 bits per heavy atom. The zero-order chi connectivity index (χ0) is 14.9. The third-order valence-electron chi connectivity index (χ3n) is 4.15. The van der Waals surface area contributed by atoms with E-state index in [9.17, 15) is 4.39 Å². The lowest BCUT2D eigenvalue weighted by Gasteiger charge is -2.33. The van der Waals surface area contributed by atoms with Crippen LogP contribution in [-0.4, -0.2) is 37.6 Å². The Labute approximate surface area is 121 Å². The van der Waals surface area contributed by atoms with Crippen molar-refractivity contribution >= 4 is 5.69 Å². The van der Waals surface area contributed by atoms with Gasteiger partial charge < -0.3 is 15.5 Å². The molecule has 2 rings (SSSR count). The minimum atomic E-state index is -0.166. The molecule has 1 aliphatic rings. The molecule has 1 aromatic carbocycles. The van der Waals surface area contributed by atoms with E-state index in [1.807, 2.05) is 19.9 Å². The van der Waals surface area contributed by atoms with Crippen molar-refractivity contribution in [1.82, 2.24) is 4.90 Å². The number of nitrogens with two attached hydrogens (primary N) is 1. The summed E-state index contributed by atoms with van der Waals surface area (Å²) in [6, 6.07) is 3.81. The summed E-state index contributed by atoms with van der Waals surface area (Å²) in [5.74, 6) is -0.166. The van der Waals surface area contributed by atoms with E-state index < -0.39 is 0 Å². The average Bonchev–Trinajstić information content (AvgIpc) is 2.52. The van der Waals surface area contributed by atoms with Gasteiger partial charge in [0.1, 0.15) is 5.82 Å². The maximum atomic E-state index is 13.8. The zero-order valence-electron chi connectivity index (χ0n) is 13.0. The quantitative estimate of drug-likeness (QED) is 0.903. The van der Waals surface area contributed by atoms with Crippen LogP contribution in [-0.2, 0) is 0 Å². The summed E-state index contributed by atoms with van der Waals surface area (Å²) < 4.78 is 13.8. The largest absolute Gasteiger partial charge is 0.367 e. The molecule has 0 saturated carbocycles. The molecule has 0 radical (unpaired) electrons. The number of nitrogens with zero attached hydrogens (tertiary/aromatic N) is 2. The van der Waals surface area contributed by atoms with Gasteiger partial charge in [-0.15, -0.1) is 0 Å². The second-order valence-corrected chi connectivity index (χ2v) is 6.11. The monoisotopic (exact) mass is 279 g/mol. The fourth-order valence-corrected chi connectivity index (χ4v) is 3.03. The Bertz CT molecular complexity index is 473. The number of rotatable bonds is 2. The van der Waals surface area contributed by atoms with Gasteiger partial charge in [0.15, 0.2) is 0 Å². The first-order valence-corrected chi connectivity index (χ1v) is 7.41. The number of likely N-dealkylation sites (N-methyl/N-ethyl adjacent to an activating group) is 1. The molecule has 1 aromatic rings. The summed E-state index contributed by atoms with van der Waals surface area (Å²) >= 11 is 0. The Morgan fingerprint density at radius 1 is 1.35 bits per heavy atom. The fraction of sp³-hybridized carbons (Fsp3) is 0.625. The number of hydrogen-bond donors (Lipinski definition) is 1. The molecule has 0 aliphatic carbocycles. The normalized spacial score (nSPS) is 22.7. The molecule has 112 valence electrons. The van der Waals surface area contributed by atoms with Crippen molar-refractivity contribution in [1.29, 1.82) is 0 Å². The van der Waals surface area contributed by atoms with Gasteiger partial charge in [0, 0.05) is 30.9 Å². The van der Waals surface area contributed by atoms with Crippen molar-refractivity contribution in [3.8, 4) is 0 Å². The van der Waals surface area contributed by atoms with Gasteiger partial charge in [0.05, 0.1) is 0 Å². The molecule has 2 N–H and O–H groups in total. The van der Waals surface area contributed by atoms with Crippen LogP contribution in [0, 0.1) is 12.7 Å². The highest BCUT2D eigenvalue weighted by atomic mass is 19.1. The smallest absolute Gasteiger partial charge is 0.126 e. The maximum absolute atomic E-state index is 13.8. The fourth-order valence-electron chi connectivity index (χ4n) is 3.03. The summed E-state index contributed by atoms with van der Waals surface area (Å²) in [7, 11) is 2.16. The van der Waals surface area contributed by atoms with E-state index in [0.717, 1.165) is 37.3 Å². The molecule has 1 fully saturated rings. The Balaban J connectivity index is 2.42. The standard InChI is InChI=1S/C16H26FN3/c1-11-8-16(14(13(3)18)9-15(11)17)20-7-5-6-19(4)10-12(20)2/h8-9,12-13H,5-7,10,18H2,1-4H3/t12?,13-/m0/s1. The van der Waals surface area contributed by atoms with E-state index in [1.165, 1.54) is 0 Å². The lowest BCUT2D eigenvalue weighted by Crippen LogP contribution is -2.38. The molecule has 0 amide bonds. The van der Waals surface area contributed by atoms with Crippen LogP contribution in [0.3, 0.4) is 0 Å². The predicted molar refractivity (Wildman–Crippen MR) is 82.7 cm³/mol. The van der Waals surface area contributed by atoms with Crippen molar-refractivity contribution in [2.24, 2.45) is 5.73 Å². The van der Waals surface area contributed by atoms with Crippen LogP contribution < -0.4 is 10.6 Å². The van der Waals surface area contributed by atoms with Crippen LogP contribution in [0.5, 0.6) is 0 Å². The van der Waals surface area contributed by atoms with Gasteiger partial charge in [0.25, 0.3) is 0 Å². The lowest BCUT2D eigenvalue weighted by molar-refractivity contribution is 0.337. The number of anilines is 1. The third-order valence-corrected chi connectivity index (χ3v) is 4.15. The molecule has 2 atom stereocenters. The van der Waals surface area contributed by atoms with Crippen LogP contribution in [0.4, 0.5) is 10.1 Å². The summed E-state index contributed by atoms with van der Waals surface area (Å²) in [6.07, 6.45) is 1.12. The van der Waals surface area contributed by atoms with Gasteiger partial charge in [-0.05, 0) is 64.0 Å². The highest BCUT2D eigenvalue weighted by Crippen LogP contribution is 2.30. The first-order chi connectivity index (χ1) is 9.40. The number of benzene rings is 1. The molecule has 4 heteroatoms. The van der Waals surface area contributed by atoms with Gasteiger partial charge in [-0.1, -0.05) is 0 Å². The second-order valence-electron chi connectivity index (χ2n) is 6.11. The molecule has 1 unspecified atom stereocenters. The van der Waals surface area contributed by atoms with Gasteiger partial charge in [-0.3, -0.25) is 0 Å². The van der Waals surface area contributed by atoms with Crippen molar-refractivity contribution in [2.75, 3.05) is 31.6 Å². The first-order valence-electron chi connectivity index (χ1n) is 7.41. The van der Waals surface area contributed by atoms with Gasteiger partial charge in [-0.25, -0.2) is 4.39 Å². The number of aryl methyl sites for hydroxylation is 1. The minimum absolute atomic E-state index is 0.159. The molecule has 0 aromatic heterocycles. The Morgan fingerprint density at radius 2 is 2.05 bits per heavy atom. The average molecular weight is 279 g/mol. The van der Waals surface area contributed by atoms with Crippen LogP contribution in [0.25, 0.3) is 0 Å². The van der Waals surface area contributed by atoms with Crippen LogP contribution in [0.2, 0.25) is 0 Å². The van der Waals surface area contributed by atoms with E-state index in [-0.39, 0.29) is 11.9 Å². The van der Waals surface area contributed by atoms with Crippen molar-refractivity contribution in [3.63, 3.8) is 0 Å². The van der Waals surface area contributed by atoms with Gasteiger partial charge in [0.2, 0.25) is 0 Å². The van der Waals surface area contributed by atoms with Gasteiger partial charge in [-0.2, -0.15) is 0 Å².